The summed E-state index contributed by atoms with van der Waals surface area (Å²) in [5.74, 6) is 1.75. The minimum Gasteiger partial charge on any atom is -0.394 e. The monoisotopic (exact) mass is 405 g/mol. The number of anilines is 3. The second-order valence-corrected chi connectivity index (χ2v) is 7.31. The van der Waals surface area contributed by atoms with E-state index in [1.807, 2.05) is 18.2 Å². The van der Waals surface area contributed by atoms with Crippen molar-refractivity contribution in [1.82, 2.24) is 25.1 Å². The van der Waals surface area contributed by atoms with E-state index >= 15 is 0 Å². The molecule has 4 N–H and O–H groups in total. The molecular weight excluding hydrogens is 385 g/mol. The first-order chi connectivity index (χ1) is 14.7. The molecule has 0 bridgehead atoms. The van der Waals surface area contributed by atoms with Gasteiger partial charge in [-0.1, -0.05) is 12.1 Å². The molecule has 30 heavy (non-hydrogen) atoms. The predicted molar refractivity (Wildman–Crippen MR) is 111 cm³/mol. The van der Waals surface area contributed by atoms with Gasteiger partial charge in [0.25, 0.3) is 0 Å². The van der Waals surface area contributed by atoms with Crippen molar-refractivity contribution in [3.05, 3.63) is 65.7 Å². The Morgan fingerprint density at radius 3 is 2.77 bits per heavy atom. The van der Waals surface area contributed by atoms with Gasteiger partial charge >= 0.3 is 0 Å². The number of pyridine rings is 1. The number of aliphatic hydroxyl groups excluding tert-OH is 1. The van der Waals surface area contributed by atoms with Gasteiger partial charge in [0, 0.05) is 23.9 Å². The molecule has 1 aliphatic carbocycles. The lowest BCUT2D eigenvalue weighted by Gasteiger charge is -2.17. The van der Waals surface area contributed by atoms with Gasteiger partial charge in [-0.2, -0.15) is 15.1 Å². The highest BCUT2D eigenvalue weighted by atomic mass is 19.1. The van der Waals surface area contributed by atoms with Crippen molar-refractivity contribution in [2.75, 3.05) is 17.2 Å². The quantitative estimate of drug-likeness (QED) is 0.371. The minimum absolute atomic E-state index is 0.206. The zero-order valence-corrected chi connectivity index (χ0v) is 16.0. The van der Waals surface area contributed by atoms with Gasteiger partial charge < -0.3 is 15.7 Å². The SMILES string of the molecule is OC[C@H](Nc1nc(Nc2cc(C3CC3)[nH]n2)c2cccnc2n1)c1ccc(F)cc1. The summed E-state index contributed by atoms with van der Waals surface area (Å²) in [5.41, 5.74) is 2.34. The molecule has 1 fully saturated rings. The highest BCUT2D eigenvalue weighted by Crippen LogP contribution is 2.39. The zero-order chi connectivity index (χ0) is 20.5. The van der Waals surface area contributed by atoms with Crippen LogP contribution in [0.3, 0.4) is 0 Å². The standard InChI is InChI=1S/C21H20FN7O/c22-14-7-5-13(6-8-14)17(11-30)24-21-26-19-15(2-1-9-23-19)20(27-21)25-18-10-16(28-29-18)12-3-4-12/h1-2,5-10,12,17,30H,3-4,11H2,(H3,23,24,25,26,27,28,29)/t17-/m0/s1. The molecule has 4 aromatic rings. The molecule has 0 spiro atoms. The smallest absolute Gasteiger partial charge is 0.227 e. The Labute approximate surface area is 171 Å². The van der Waals surface area contributed by atoms with Crippen molar-refractivity contribution in [2.24, 2.45) is 0 Å². The lowest BCUT2D eigenvalue weighted by atomic mass is 10.1. The van der Waals surface area contributed by atoms with Crippen molar-refractivity contribution in [3.63, 3.8) is 0 Å². The summed E-state index contributed by atoms with van der Waals surface area (Å²) < 4.78 is 13.2. The third kappa shape index (κ3) is 3.79. The molecule has 0 aliphatic heterocycles. The van der Waals surface area contributed by atoms with Crippen LogP contribution in [0.2, 0.25) is 0 Å². The van der Waals surface area contributed by atoms with Gasteiger partial charge in [-0.25, -0.2) is 9.37 Å². The van der Waals surface area contributed by atoms with E-state index in [2.05, 4.69) is 35.8 Å². The largest absolute Gasteiger partial charge is 0.394 e. The zero-order valence-electron chi connectivity index (χ0n) is 16.0. The lowest BCUT2D eigenvalue weighted by Crippen LogP contribution is -2.17. The summed E-state index contributed by atoms with van der Waals surface area (Å²) in [6.45, 7) is -0.206. The Morgan fingerprint density at radius 2 is 2.00 bits per heavy atom. The normalized spacial score (nSPS) is 14.6. The van der Waals surface area contributed by atoms with Crippen LogP contribution in [0, 0.1) is 5.82 Å². The fourth-order valence-electron chi connectivity index (χ4n) is 3.33. The van der Waals surface area contributed by atoms with Gasteiger partial charge in [0.05, 0.1) is 18.0 Å². The molecule has 0 unspecified atom stereocenters. The molecule has 3 heterocycles. The molecular formula is C21H20FN7O. The number of nitrogens with one attached hydrogen (secondary N) is 3. The van der Waals surface area contributed by atoms with Crippen LogP contribution in [-0.4, -0.2) is 36.9 Å². The van der Waals surface area contributed by atoms with Crippen LogP contribution in [0.1, 0.15) is 36.1 Å². The van der Waals surface area contributed by atoms with Crippen LogP contribution in [0.25, 0.3) is 11.0 Å². The van der Waals surface area contributed by atoms with Crippen molar-refractivity contribution in [1.29, 1.82) is 0 Å². The summed E-state index contributed by atoms with van der Waals surface area (Å²) in [6, 6.07) is 11.1. The molecule has 1 saturated carbocycles. The van der Waals surface area contributed by atoms with Crippen molar-refractivity contribution >= 4 is 28.6 Å². The number of halogens is 1. The van der Waals surface area contributed by atoms with E-state index in [0.29, 0.717) is 29.1 Å². The fourth-order valence-corrected chi connectivity index (χ4v) is 3.33. The average Bonchev–Trinajstić information content (AvgIpc) is 3.52. The van der Waals surface area contributed by atoms with Gasteiger partial charge in [-0.05, 0) is 42.7 Å². The first-order valence-electron chi connectivity index (χ1n) is 9.77. The molecule has 0 amide bonds. The second kappa shape index (κ2) is 7.68. The fraction of sp³-hybridized carbons (Fsp3) is 0.238. The van der Waals surface area contributed by atoms with Crippen LogP contribution in [0.5, 0.6) is 0 Å². The molecule has 1 aromatic carbocycles. The molecule has 3 aromatic heterocycles. The van der Waals surface area contributed by atoms with Gasteiger partial charge in [0.2, 0.25) is 5.95 Å². The maximum atomic E-state index is 13.2. The Hall–Kier alpha value is -3.59. The van der Waals surface area contributed by atoms with E-state index in [0.717, 1.165) is 16.6 Å². The highest BCUT2D eigenvalue weighted by Gasteiger charge is 2.25. The predicted octanol–water partition coefficient (Wildman–Crippen LogP) is 3.65. The maximum Gasteiger partial charge on any atom is 0.227 e. The number of H-pyrrole nitrogens is 1. The molecule has 152 valence electrons. The Bertz CT molecular complexity index is 1170. The maximum absolute atomic E-state index is 13.2. The van der Waals surface area contributed by atoms with Crippen LogP contribution in [0.4, 0.5) is 22.0 Å². The number of benzene rings is 1. The molecule has 0 saturated heterocycles. The molecule has 9 heteroatoms. The van der Waals surface area contributed by atoms with Crippen LogP contribution in [0.15, 0.2) is 48.7 Å². The second-order valence-electron chi connectivity index (χ2n) is 7.31. The molecule has 1 atom stereocenters. The summed E-state index contributed by atoms with van der Waals surface area (Å²) in [6.07, 6.45) is 4.02. The summed E-state index contributed by atoms with van der Waals surface area (Å²) in [5, 5.41) is 24.3. The number of nitrogens with zero attached hydrogens (tertiary/aromatic N) is 4. The average molecular weight is 405 g/mol. The molecule has 5 rings (SSSR count). The number of hydrogen-bond donors (Lipinski definition) is 4. The summed E-state index contributed by atoms with van der Waals surface area (Å²) in [7, 11) is 0. The van der Waals surface area contributed by atoms with Gasteiger partial charge in [-0.15, -0.1) is 0 Å². The first-order valence-corrected chi connectivity index (χ1v) is 9.77. The van der Waals surface area contributed by atoms with E-state index in [1.165, 1.54) is 25.0 Å². The topological polar surface area (TPSA) is 112 Å². The van der Waals surface area contributed by atoms with E-state index in [1.54, 1.807) is 18.3 Å². The van der Waals surface area contributed by atoms with Crippen molar-refractivity contribution < 1.29 is 9.50 Å². The minimum atomic E-state index is -0.494. The highest BCUT2D eigenvalue weighted by molar-refractivity contribution is 5.89. The third-order valence-electron chi connectivity index (χ3n) is 5.09. The van der Waals surface area contributed by atoms with Crippen LogP contribution < -0.4 is 10.6 Å². The van der Waals surface area contributed by atoms with E-state index in [-0.39, 0.29) is 12.4 Å². The third-order valence-corrected chi connectivity index (χ3v) is 5.09. The Kier molecular flexibility index (Phi) is 4.72. The van der Waals surface area contributed by atoms with Crippen molar-refractivity contribution in [2.45, 2.75) is 24.8 Å². The number of aliphatic hydroxyl groups is 1. The number of fused-ring (bicyclic) bond motifs is 1. The number of hydrogen-bond acceptors (Lipinski definition) is 7. The Morgan fingerprint density at radius 1 is 1.17 bits per heavy atom. The van der Waals surface area contributed by atoms with Crippen LogP contribution in [-0.2, 0) is 0 Å². The first kappa shape index (κ1) is 18.4. The summed E-state index contributed by atoms with van der Waals surface area (Å²) in [4.78, 5) is 13.4. The molecule has 0 radical (unpaired) electrons. The van der Waals surface area contributed by atoms with Gasteiger partial charge in [0.15, 0.2) is 11.5 Å². The lowest BCUT2D eigenvalue weighted by molar-refractivity contribution is 0.276. The molecule has 1 aliphatic rings. The Balaban J connectivity index is 1.46. The summed E-state index contributed by atoms with van der Waals surface area (Å²) >= 11 is 0. The number of rotatable bonds is 7. The van der Waals surface area contributed by atoms with Crippen molar-refractivity contribution in [3.8, 4) is 0 Å². The van der Waals surface area contributed by atoms with Gasteiger partial charge in [0.1, 0.15) is 11.6 Å². The van der Waals surface area contributed by atoms with Gasteiger partial charge in [-0.3, -0.25) is 5.10 Å². The van der Waals surface area contributed by atoms with E-state index in [9.17, 15) is 9.50 Å². The van der Waals surface area contributed by atoms with E-state index < -0.39 is 6.04 Å². The molecule has 8 nitrogen and oxygen atoms in total. The number of aromatic amines is 1. The number of aromatic nitrogens is 5. The van der Waals surface area contributed by atoms with E-state index in [4.69, 9.17) is 0 Å². The van der Waals surface area contributed by atoms with Crippen LogP contribution >= 0.6 is 0 Å².